The fraction of sp³-hybridized carbons (Fsp3) is 0.333. The number of benzene rings is 1. The van der Waals surface area contributed by atoms with Gasteiger partial charge in [0.25, 0.3) is 5.69 Å². The normalized spacial score (nSPS) is 11.6. The Hall–Kier alpha value is -2.51. The van der Waals surface area contributed by atoms with Gasteiger partial charge in [-0.25, -0.2) is 14.0 Å². The lowest BCUT2D eigenvalue weighted by atomic mass is 10.2. The van der Waals surface area contributed by atoms with E-state index < -0.39 is 40.0 Å². The third-order valence-corrected chi connectivity index (χ3v) is 2.28. The number of hydrogen-bond donors (Lipinski definition) is 0. The molecule has 0 aliphatic rings. The summed E-state index contributed by atoms with van der Waals surface area (Å²) < 4.78 is 22.4. The molecule has 1 rings (SSSR count). The molecule has 20 heavy (non-hydrogen) atoms. The van der Waals surface area contributed by atoms with Crippen LogP contribution in [0.15, 0.2) is 18.2 Å². The molecule has 1 aromatic carbocycles. The van der Waals surface area contributed by atoms with Gasteiger partial charge in [0.15, 0.2) is 6.10 Å². The van der Waals surface area contributed by atoms with Gasteiger partial charge in [-0.2, -0.15) is 0 Å². The van der Waals surface area contributed by atoms with Crippen molar-refractivity contribution in [1.82, 2.24) is 0 Å². The maximum absolute atomic E-state index is 13.1. The number of hydrogen-bond acceptors (Lipinski definition) is 6. The molecule has 0 amide bonds. The van der Waals surface area contributed by atoms with Crippen LogP contribution < -0.4 is 0 Å². The number of ether oxygens (including phenoxy) is 2. The van der Waals surface area contributed by atoms with Crippen LogP contribution in [0, 0.1) is 15.9 Å². The summed E-state index contributed by atoms with van der Waals surface area (Å²) in [4.78, 5) is 32.9. The fourth-order valence-electron chi connectivity index (χ4n) is 1.36. The summed E-state index contributed by atoms with van der Waals surface area (Å²) >= 11 is 0. The van der Waals surface area contributed by atoms with Crippen molar-refractivity contribution in [3.63, 3.8) is 0 Å². The van der Waals surface area contributed by atoms with E-state index in [0.717, 1.165) is 12.1 Å². The minimum atomic E-state index is -1.25. The lowest BCUT2D eigenvalue weighted by Crippen LogP contribution is -2.26. The average Bonchev–Trinajstić information content (AvgIpc) is 2.38. The van der Waals surface area contributed by atoms with Crippen molar-refractivity contribution in [3.05, 3.63) is 39.7 Å². The predicted molar refractivity (Wildman–Crippen MR) is 64.6 cm³/mol. The molecule has 0 saturated carbocycles. The standard InChI is InChI=1S/C12H12FNO6/c1-3-19-11(15)7(2)20-12(16)9-6-8(13)4-5-10(9)14(17)18/h4-7H,3H2,1-2H3. The second-order valence-electron chi connectivity index (χ2n) is 3.72. The van der Waals surface area contributed by atoms with Crippen molar-refractivity contribution in [2.24, 2.45) is 0 Å². The second-order valence-corrected chi connectivity index (χ2v) is 3.72. The van der Waals surface area contributed by atoms with Gasteiger partial charge in [-0.15, -0.1) is 0 Å². The van der Waals surface area contributed by atoms with Gasteiger partial charge in [0.05, 0.1) is 11.5 Å². The molecule has 0 aliphatic heterocycles. The molecule has 0 aliphatic carbocycles. The van der Waals surface area contributed by atoms with Gasteiger partial charge in [0, 0.05) is 6.07 Å². The lowest BCUT2D eigenvalue weighted by Gasteiger charge is -2.11. The Bertz CT molecular complexity index is 545. The third-order valence-electron chi connectivity index (χ3n) is 2.28. The van der Waals surface area contributed by atoms with Crippen LogP contribution in [-0.4, -0.2) is 29.6 Å². The highest BCUT2D eigenvalue weighted by Gasteiger charge is 2.26. The van der Waals surface area contributed by atoms with E-state index in [4.69, 9.17) is 4.74 Å². The molecule has 0 bridgehead atoms. The Morgan fingerprint density at radius 3 is 2.65 bits per heavy atom. The quantitative estimate of drug-likeness (QED) is 0.465. The molecule has 8 heteroatoms. The molecule has 108 valence electrons. The van der Waals surface area contributed by atoms with Gasteiger partial charge in [0.1, 0.15) is 11.4 Å². The SMILES string of the molecule is CCOC(=O)C(C)OC(=O)c1cc(F)ccc1[N+](=O)[O-]. The molecular formula is C12H12FNO6. The van der Waals surface area contributed by atoms with Crippen molar-refractivity contribution in [2.45, 2.75) is 20.0 Å². The highest BCUT2D eigenvalue weighted by Crippen LogP contribution is 2.21. The first-order chi connectivity index (χ1) is 9.36. The average molecular weight is 285 g/mol. The Morgan fingerprint density at radius 1 is 1.45 bits per heavy atom. The van der Waals surface area contributed by atoms with Gasteiger partial charge in [-0.05, 0) is 26.0 Å². The van der Waals surface area contributed by atoms with E-state index in [-0.39, 0.29) is 6.61 Å². The van der Waals surface area contributed by atoms with E-state index in [0.29, 0.717) is 6.07 Å². The highest BCUT2D eigenvalue weighted by molar-refractivity contribution is 5.95. The van der Waals surface area contributed by atoms with E-state index in [9.17, 15) is 24.1 Å². The summed E-state index contributed by atoms with van der Waals surface area (Å²) in [5.74, 6) is -2.79. The predicted octanol–water partition coefficient (Wildman–Crippen LogP) is 1.84. The van der Waals surface area contributed by atoms with E-state index in [2.05, 4.69) is 4.74 Å². The maximum atomic E-state index is 13.1. The first kappa shape index (κ1) is 15.5. The van der Waals surface area contributed by atoms with Crippen LogP contribution in [0.2, 0.25) is 0 Å². The van der Waals surface area contributed by atoms with Gasteiger partial charge in [-0.1, -0.05) is 0 Å². The van der Waals surface area contributed by atoms with Crippen LogP contribution in [0.4, 0.5) is 10.1 Å². The molecule has 0 heterocycles. The highest BCUT2D eigenvalue weighted by atomic mass is 19.1. The molecular weight excluding hydrogens is 273 g/mol. The van der Waals surface area contributed by atoms with Crippen molar-refractivity contribution in [3.8, 4) is 0 Å². The maximum Gasteiger partial charge on any atom is 0.347 e. The van der Waals surface area contributed by atoms with Crippen molar-refractivity contribution < 1.29 is 28.4 Å². The van der Waals surface area contributed by atoms with E-state index in [1.165, 1.54) is 6.92 Å². The lowest BCUT2D eigenvalue weighted by molar-refractivity contribution is -0.385. The van der Waals surface area contributed by atoms with Crippen LogP contribution in [0.3, 0.4) is 0 Å². The molecule has 1 atom stereocenters. The number of esters is 2. The smallest absolute Gasteiger partial charge is 0.347 e. The molecule has 0 radical (unpaired) electrons. The summed E-state index contributed by atoms with van der Waals surface area (Å²) in [7, 11) is 0. The van der Waals surface area contributed by atoms with Crippen LogP contribution in [-0.2, 0) is 14.3 Å². The van der Waals surface area contributed by atoms with Crippen LogP contribution in [0.5, 0.6) is 0 Å². The first-order valence-electron chi connectivity index (χ1n) is 5.68. The van der Waals surface area contributed by atoms with Crippen molar-refractivity contribution in [1.29, 1.82) is 0 Å². The van der Waals surface area contributed by atoms with E-state index >= 15 is 0 Å². The van der Waals surface area contributed by atoms with E-state index in [1.807, 2.05) is 0 Å². The van der Waals surface area contributed by atoms with Crippen LogP contribution in [0.25, 0.3) is 0 Å². The summed E-state index contributed by atoms with van der Waals surface area (Å²) in [6.45, 7) is 2.92. The molecule has 0 saturated heterocycles. The molecule has 7 nitrogen and oxygen atoms in total. The van der Waals surface area contributed by atoms with Crippen molar-refractivity contribution >= 4 is 17.6 Å². The summed E-state index contributed by atoms with van der Waals surface area (Å²) in [5, 5.41) is 10.7. The number of nitrogens with zero attached hydrogens (tertiary/aromatic N) is 1. The number of carbonyl (C=O) groups is 2. The Balaban J connectivity index is 2.95. The minimum Gasteiger partial charge on any atom is -0.463 e. The van der Waals surface area contributed by atoms with Crippen LogP contribution >= 0.6 is 0 Å². The number of rotatable bonds is 5. The zero-order valence-electron chi connectivity index (χ0n) is 10.8. The van der Waals surface area contributed by atoms with Gasteiger partial charge >= 0.3 is 11.9 Å². The zero-order valence-corrected chi connectivity index (χ0v) is 10.8. The molecule has 0 aromatic heterocycles. The summed E-state index contributed by atoms with van der Waals surface area (Å²) in [6, 6.07) is 2.38. The summed E-state index contributed by atoms with van der Waals surface area (Å²) in [6.07, 6.45) is -1.25. The number of nitro benzene ring substituents is 1. The largest absolute Gasteiger partial charge is 0.463 e. The first-order valence-corrected chi connectivity index (χ1v) is 5.68. The summed E-state index contributed by atoms with van der Waals surface area (Å²) in [5.41, 5.74) is -1.17. The Morgan fingerprint density at radius 2 is 2.10 bits per heavy atom. The number of nitro groups is 1. The van der Waals surface area contributed by atoms with Crippen LogP contribution in [0.1, 0.15) is 24.2 Å². The molecule has 0 N–H and O–H groups in total. The molecule has 1 aromatic rings. The van der Waals surface area contributed by atoms with E-state index in [1.54, 1.807) is 6.92 Å². The number of halogens is 1. The monoisotopic (exact) mass is 285 g/mol. The minimum absolute atomic E-state index is 0.0981. The van der Waals surface area contributed by atoms with Crippen molar-refractivity contribution in [2.75, 3.05) is 6.61 Å². The molecule has 0 spiro atoms. The second kappa shape index (κ2) is 6.60. The Labute approximate surface area is 113 Å². The fourth-order valence-corrected chi connectivity index (χ4v) is 1.36. The molecule has 0 fully saturated rings. The number of carbonyl (C=O) groups excluding carboxylic acids is 2. The topological polar surface area (TPSA) is 95.7 Å². The van der Waals surface area contributed by atoms with Gasteiger partial charge in [-0.3, -0.25) is 10.1 Å². The van der Waals surface area contributed by atoms with Gasteiger partial charge < -0.3 is 9.47 Å². The third kappa shape index (κ3) is 3.74. The Kier molecular flexibility index (Phi) is 5.13. The van der Waals surface area contributed by atoms with Gasteiger partial charge in [0.2, 0.25) is 0 Å². The molecule has 1 unspecified atom stereocenters. The zero-order chi connectivity index (χ0) is 15.3.